The summed E-state index contributed by atoms with van der Waals surface area (Å²) in [5, 5.41) is 8.52. The molecule has 0 unspecified atom stereocenters. The minimum Gasteiger partial charge on any atom is -0.481 e. The molecule has 4 nitrogen and oxygen atoms in total. The van der Waals surface area contributed by atoms with E-state index in [4.69, 9.17) is 5.11 Å². The Labute approximate surface area is 106 Å². The van der Waals surface area contributed by atoms with Crippen molar-refractivity contribution in [2.45, 2.75) is 39.0 Å². The first-order valence-electron chi connectivity index (χ1n) is 6.65. The van der Waals surface area contributed by atoms with E-state index in [1.807, 2.05) is 0 Å². The first-order valence-corrected chi connectivity index (χ1v) is 6.65. The molecule has 0 saturated carbocycles. The Morgan fingerprint density at radius 1 is 1.00 bits per heavy atom. The zero-order valence-corrected chi connectivity index (χ0v) is 11.6. The molecule has 0 bridgehead atoms. The highest BCUT2D eigenvalue weighted by Gasteiger charge is 2.03. The fourth-order valence-corrected chi connectivity index (χ4v) is 1.83. The van der Waals surface area contributed by atoms with Gasteiger partial charge in [0.25, 0.3) is 0 Å². The van der Waals surface area contributed by atoms with Crippen molar-refractivity contribution in [3.8, 4) is 0 Å². The van der Waals surface area contributed by atoms with Crippen LogP contribution in [0.3, 0.4) is 0 Å². The average molecular weight is 244 g/mol. The smallest absolute Gasteiger partial charge is 0.303 e. The number of carbonyl (C=O) groups is 1. The predicted molar refractivity (Wildman–Crippen MR) is 71.4 cm³/mol. The third-order valence-electron chi connectivity index (χ3n) is 2.89. The maximum absolute atomic E-state index is 10.3. The maximum atomic E-state index is 10.3. The topological polar surface area (TPSA) is 43.8 Å². The zero-order chi connectivity index (χ0) is 13.1. The van der Waals surface area contributed by atoms with E-state index in [1.165, 1.54) is 6.42 Å². The van der Waals surface area contributed by atoms with E-state index in [0.717, 1.165) is 45.4 Å². The molecule has 102 valence electrons. The third kappa shape index (κ3) is 11.6. The van der Waals surface area contributed by atoms with E-state index in [0.29, 0.717) is 6.42 Å². The lowest BCUT2D eigenvalue weighted by atomic mass is 10.2. The van der Waals surface area contributed by atoms with Gasteiger partial charge in [-0.1, -0.05) is 13.3 Å². The molecule has 17 heavy (non-hydrogen) atoms. The van der Waals surface area contributed by atoms with Gasteiger partial charge in [0.1, 0.15) is 0 Å². The van der Waals surface area contributed by atoms with Crippen molar-refractivity contribution in [2.24, 2.45) is 0 Å². The van der Waals surface area contributed by atoms with Crippen LogP contribution in [0.2, 0.25) is 0 Å². The normalized spacial score (nSPS) is 11.4. The minimum atomic E-state index is -0.677. The quantitative estimate of drug-likeness (QED) is 0.564. The maximum Gasteiger partial charge on any atom is 0.303 e. The molecule has 4 heteroatoms. The Balaban J connectivity index is 3.44. The van der Waals surface area contributed by atoms with E-state index in [2.05, 4.69) is 30.8 Å². The number of rotatable bonds is 11. The Morgan fingerprint density at radius 2 is 1.65 bits per heavy atom. The molecule has 0 aromatic rings. The van der Waals surface area contributed by atoms with Gasteiger partial charge in [-0.3, -0.25) is 4.79 Å². The second-order valence-corrected chi connectivity index (χ2v) is 4.80. The highest BCUT2D eigenvalue weighted by Crippen LogP contribution is 2.02. The van der Waals surface area contributed by atoms with Crippen LogP contribution in [0.5, 0.6) is 0 Å². The van der Waals surface area contributed by atoms with Gasteiger partial charge in [0.05, 0.1) is 0 Å². The lowest BCUT2D eigenvalue weighted by Gasteiger charge is -2.21. The molecule has 0 spiro atoms. The van der Waals surface area contributed by atoms with Crippen LogP contribution in [-0.4, -0.2) is 61.2 Å². The third-order valence-corrected chi connectivity index (χ3v) is 2.89. The summed E-state index contributed by atoms with van der Waals surface area (Å²) in [5.74, 6) is -0.677. The standard InChI is InChI=1S/C13H28N2O2/c1-4-15(12-8-10-14(2)3)11-7-5-6-9-13(16)17/h4-12H2,1-3H3,(H,16,17). The summed E-state index contributed by atoms with van der Waals surface area (Å²) in [4.78, 5) is 15.0. The van der Waals surface area contributed by atoms with Gasteiger partial charge in [0, 0.05) is 6.42 Å². The molecular formula is C13H28N2O2. The lowest BCUT2D eigenvalue weighted by Crippen LogP contribution is -2.28. The monoisotopic (exact) mass is 244 g/mol. The second kappa shape index (κ2) is 10.5. The van der Waals surface area contributed by atoms with Crippen LogP contribution in [0.25, 0.3) is 0 Å². The molecule has 0 fully saturated rings. The molecule has 0 amide bonds. The van der Waals surface area contributed by atoms with Gasteiger partial charge in [-0.15, -0.1) is 0 Å². The molecule has 0 aliphatic carbocycles. The number of unbranched alkanes of at least 4 members (excludes halogenated alkanes) is 2. The van der Waals surface area contributed by atoms with Gasteiger partial charge in [0.2, 0.25) is 0 Å². The van der Waals surface area contributed by atoms with Crippen LogP contribution in [0, 0.1) is 0 Å². The largest absolute Gasteiger partial charge is 0.481 e. The molecular weight excluding hydrogens is 216 g/mol. The first kappa shape index (κ1) is 16.4. The average Bonchev–Trinajstić information content (AvgIpc) is 2.25. The number of aliphatic carboxylic acids is 1. The molecule has 0 rings (SSSR count). The van der Waals surface area contributed by atoms with Crippen molar-refractivity contribution in [1.29, 1.82) is 0 Å². The summed E-state index contributed by atoms with van der Waals surface area (Å²) in [6.07, 6.45) is 4.47. The number of hydrogen-bond donors (Lipinski definition) is 1. The van der Waals surface area contributed by atoms with Crippen LogP contribution >= 0.6 is 0 Å². The Kier molecular flexibility index (Phi) is 10.2. The van der Waals surface area contributed by atoms with Gasteiger partial charge in [-0.25, -0.2) is 0 Å². The zero-order valence-electron chi connectivity index (χ0n) is 11.6. The molecule has 0 radical (unpaired) electrons. The Hall–Kier alpha value is -0.610. The van der Waals surface area contributed by atoms with Crippen molar-refractivity contribution in [2.75, 3.05) is 40.3 Å². The lowest BCUT2D eigenvalue weighted by molar-refractivity contribution is -0.137. The highest BCUT2D eigenvalue weighted by molar-refractivity contribution is 5.66. The van der Waals surface area contributed by atoms with Crippen molar-refractivity contribution < 1.29 is 9.90 Å². The number of nitrogens with zero attached hydrogens (tertiary/aromatic N) is 2. The SMILES string of the molecule is CCN(CCCCCC(=O)O)CCCN(C)C. The number of carboxylic acid groups (broad SMARTS) is 1. The van der Waals surface area contributed by atoms with E-state index < -0.39 is 5.97 Å². The van der Waals surface area contributed by atoms with Crippen molar-refractivity contribution in [3.05, 3.63) is 0 Å². The number of carboxylic acids is 1. The minimum absolute atomic E-state index is 0.312. The van der Waals surface area contributed by atoms with Crippen molar-refractivity contribution in [3.63, 3.8) is 0 Å². The van der Waals surface area contributed by atoms with Crippen LogP contribution in [0.1, 0.15) is 39.0 Å². The van der Waals surface area contributed by atoms with Gasteiger partial charge in [-0.2, -0.15) is 0 Å². The van der Waals surface area contributed by atoms with Crippen LogP contribution in [0.4, 0.5) is 0 Å². The molecule has 0 aliphatic rings. The van der Waals surface area contributed by atoms with Gasteiger partial charge >= 0.3 is 5.97 Å². The molecule has 0 saturated heterocycles. The Bertz CT molecular complexity index is 196. The second-order valence-electron chi connectivity index (χ2n) is 4.80. The van der Waals surface area contributed by atoms with Crippen molar-refractivity contribution >= 4 is 5.97 Å². The van der Waals surface area contributed by atoms with Crippen LogP contribution < -0.4 is 0 Å². The fourth-order valence-electron chi connectivity index (χ4n) is 1.83. The molecule has 0 aromatic heterocycles. The van der Waals surface area contributed by atoms with E-state index in [-0.39, 0.29) is 0 Å². The number of hydrogen-bond acceptors (Lipinski definition) is 3. The molecule has 0 heterocycles. The van der Waals surface area contributed by atoms with E-state index in [1.54, 1.807) is 0 Å². The summed E-state index contributed by atoms with van der Waals surface area (Å²) in [6.45, 7) is 6.66. The summed E-state index contributed by atoms with van der Waals surface area (Å²) in [6, 6.07) is 0. The van der Waals surface area contributed by atoms with E-state index >= 15 is 0 Å². The molecule has 0 atom stereocenters. The summed E-state index contributed by atoms with van der Waals surface area (Å²) in [5.41, 5.74) is 0. The highest BCUT2D eigenvalue weighted by atomic mass is 16.4. The Morgan fingerprint density at radius 3 is 2.18 bits per heavy atom. The van der Waals surface area contributed by atoms with Gasteiger partial charge < -0.3 is 14.9 Å². The van der Waals surface area contributed by atoms with Gasteiger partial charge in [0.15, 0.2) is 0 Å². The predicted octanol–water partition coefficient (Wildman–Crippen LogP) is 1.91. The van der Waals surface area contributed by atoms with Crippen LogP contribution in [-0.2, 0) is 4.79 Å². The fraction of sp³-hybridized carbons (Fsp3) is 0.923. The summed E-state index contributed by atoms with van der Waals surface area (Å²) >= 11 is 0. The van der Waals surface area contributed by atoms with Gasteiger partial charge in [-0.05, 0) is 59.5 Å². The van der Waals surface area contributed by atoms with Crippen LogP contribution in [0.15, 0.2) is 0 Å². The van der Waals surface area contributed by atoms with E-state index in [9.17, 15) is 4.79 Å². The molecule has 0 aromatic carbocycles. The summed E-state index contributed by atoms with van der Waals surface area (Å²) < 4.78 is 0. The van der Waals surface area contributed by atoms with Crippen molar-refractivity contribution in [1.82, 2.24) is 9.80 Å². The molecule has 1 N–H and O–H groups in total. The molecule has 0 aliphatic heterocycles. The first-order chi connectivity index (χ1) is 8.06. The summed E-state index contributed by atoms with van der Waals surface area (Å²) in [7, 11) is 4.20.